The number of benzene rings is 2. The molecule has 0 unspecified atom stereocenters. The molecule has 2 N–H and O–H groups in total. The zero-order valence-electron chi connectivity index (χ0n) is 12.5. The Morgan fingerprint density at radius 2 is 2.05 bits per heavy atom. The van der Waals surface area contributed by atoms with E-state index in [-0.39, 0.29) is 12.2 Å². The van der Waals surface area contributed by atoms with Gasteiger partial charge in [0.2, 0.25) is 0 Å². The maximum atomic E-state index is 13.3. The molecule has 4 nitrogen and oxygen atoms in total. The van der Waals surface area contributed by atoms with Crippen LogP contribution in [0.3, 0.4) is 0 Å². The average Bonchev–Trinajstić information content (AvgIpc) is 2.51. The first-order valence-corrected chi connectivity index (χ1v) is 6.99. The van der Waals surface area contributed by atoms with Crippen molar-refractivity contribution in [3.63, 3.8) is 0 Å². The van der Waals surface area contributed by atoms with Crippen LogP contribution < -0.4 is 10.1 Å². The van der Waals surface area contributed by atoms with Gasteiger partial charge in [-0.2, -0.15) is 0 Å². The summed E-state index contributed by atoms with van der Waals surface area (Å²) in [5, 5.41) is 12.1. The minimum Gasteiger partial charge on any atom is -0.494 e. The van der Waals surface area contributed by atoms with Crippen molar-refractivity contribution in [3.8, 4) is 5.75 Å². The first-order valence-electron chi connectivity index (χ1n) is 6.99. The summed E-state index contributed by atoms with van der Waals surface area (Å²) in [6, 6.07) is 9.07. The lowest BCUT2D eigenvalue weighted by atomic mass is 10.1. The summed E-state index contributed by atoms with van der Waals surface area (Å²) >= 11 is 0. The molecule has 22 heavy (non-hydrogen) atoms. The molecule has 116 valence electrons. The lowest BCUT2D eigenvalue weighted by molar-refractivity contribution is 0.102. The van der Waals surface area contributed by atoms with Gasteiger partial charge in [-0.25, -0.2) is 4.39 Å². The van der Waals surface area contributed by atoms with E-state index in [4.69, 9.17) is 4.74 Å². The zero-order valence-corrected chi connectivity index (χ0v) is 12.5. The smallest absolute Gasteiger partial charge is 0.256 e. The largest absolute Gasteiger partial charge is 0.494 e. The highest BCUT2D eigenvalue weighted by Gasteiger charge is 2.12. The van der Waals surface area contributed by atoms with Crippen molar-refractivity contribution >= 4 is 11.6 Å². The van der Waals surface area contributed by atoms with Crippen molar-refractivity contribution in [2.75, 3.05) is 11.9 Å². The number of aliphatic hydroxyl groups is 1. The number of hydrogen-bond donors (Lipinski definition) is 2. The molecule has 2 aromatic carbocycles. The van der Waals surface area contributed by atoms with E-state index >= 15 is 0 Å². The molecule has 0 saturated heterocycles. The Morgan fingerprint density at radius 1 is 1.27 bits per heavy atom. The standard InChI is InChI=1S/C17H18FNO3/c1-3-22-16-7-6-14(8-12(16)10-20)19-17(21)15-9-13(18)5-4-11(15)2/h4-9,20H,3,10H2,1-2H3,(H,19,21). The van der Waals surface area contributed by atoms with Gasteiger partial charge in [0.05, 0.1) is 13.2 Å². The Kier molecular flexibility index (Phi) is 5.12. The van der Waals surface area contributed by atoms with E-state index in [2.05, 4.69) is 5.32 Å². The topological polar surface area (TPSA) is 58.6 Å². The number of carbonyl (C=O) groups is 1. The number of nitrogens with one attached hydrogen (secondary N) is 1. The third-order valence-electron chi connectivity index (χ3n) is 3.23. The molecule has 0 heterocycles. The van der Waals surface area contributed by atoms with Crippen LogP contribution in [0.1, 0.15) is 28.4 Å². The van der Waals surface area contributed by atoms with Gasteiger partial charge in [-0.05, 0) is 49.7 Å². The van der Waals surface area contributed by atoms with Gasteiger partial charge >= 0.3 is 0 Å². The van der Waals surface area contributed by atoms with Crippen LogP contribution in [0.5, 0.6) is 5.75 Å². The molecular weight excluding hydrogens is 285 g/mol. The fourth-order valence-electron chi connectivity index (χ4n) is 2.11. The number of aryl methyl sites for hydroxylation is 1. The number of amides is 1. The Labute approximate surface area is 128 Å². The summed E-state index contributed by atoms with van der Waals surface area (Å²) in [6.45, 7) is 3.88. The number of ether oxygens (including phenoxy) is 1. The number of carbonyl (C=O) groups excluding carboxylic acids is 1. The lowest BCUT2D eigenvalue weighted by Crippen LogP contribution is -2.14. The van der Waals surface area contributed by atoms with Gasteiger partial charge in [0, 0.05) is 16.8 Å². The van der Waals surface area contributed by atoms with E-state index in [1.54, 1.807) is 31.2 Å². The van der Waals surface area contributed by atoms with Crippen molar-refractivity contribution in [2.45, 2.75) is 20.5 Å². The van der Waals surface area contributed by atoms with Gasteiger partial charge in [0.15, 0.2) is 0 Å². The van der Waals surface area contributed by atoms with E-state index in [0.717, 1.165) is 0 Å². The molecule has 0 radical (unpaired) electrons. The number of anilines is 1. The van der Waals surface area contributed by atoms with Gasteiger partial charge in [0.25, 0.3) is 5.91 Å². The molecule has 1 amide bonds. The molecule has 0 aliphatic heterocycles. The molecule has 0 atom stereocenters. The molecule has 0 aliphatic rings. The van der Waals surface area contributed by atoms with Gasteiger partial charge in [-0.1, -0.05) is 6.07 Å². The van der Waals surface area contributed by atoms with Gasteiger partial charge < -0.3 is 15.2 Å². The van der Waals surface area contributed by atoms with Gasteiger partial charge in [-0.3, -0.25) is 4.79 Å². The first-order chi connectivity index (χ1) is 10.5. The number of halogens is 1. The second-order valence-corrected chi connectivity index (χ2v) is 4.83. The minimum absolute atomic E-state index is 0.196. The summed E-state index contributed by atoms with van der Waals surface area (Å²) in [5.41, 5.74) is 2.06. The third kappa shape index (κ3) is 3.62. The summed E-state index contributed by atoms with van der Waals surface area (Å²) in [6.07, 6.45) is 0. The number of rotatable bonds is 5. The van der Waals surface area contributed by atoms with E-state index in [9.17, 15) is 14.3 Å². The van der Waals surface area contributed by atoms with Crippen LogP contribution in [0.2, 0.25) is 0 Å². The van der Waals surface area contributed by atoms with Crippen molar-refractivity contribution in [2.24, 2.45) is 0 Å². The molecular formula is C17H18FNO3. The highest BCUT2D eigenvalue weighted by molar-refractivity contribution is 6.05. The van der Waals surface area contributed by atoms with Gasteiger partial charge in [0.1, 0.15) is 11.6 Å². The predicted octanol–water partition coefficient (Wildman–Crippen LogP) is 3.28. The van der Waals surface area contributed by atoms with Crippen molar-refractivity contribution in [1.82, 2.24) is 0 Å². The Hall–Kier alpha value is -2.40. The molecule has 0 aliphatic carbocycles. The predicted molar refractivity (Wildman–Crippen MR) is 82.6 cm³/mol. The normalized spacial score (nSPS) is 10.4. The van der Waals surface area contributed by atoms with Crippen molar-refractivity contribution < 1.29 is 19.0 Å². The Bertz CT molecular complexity index is 686. The third-order valence-corrected chi connectivity index (χ3v) is 3.23. The molecule has 0 spiro atoms. The molecule has 0 fully saturated rings. The summed E-state index contributed by atoms with van der Waals surface area (Å²) in [7, 11) is 0. The molecule has 2 aromatic rings. The molecule has 0 aromatic heterocycles. The van der Waals surface area contributed by atoms with Crippen LogP contribution in [-0.4, -0.2) is 17.6 Å². The van der Waals surface area contributed by atoms with Crippen molar-refractivity contribution in [1.29, 1.82) is 0 Å². The second-order valence-electron chi connectivity index (χ2n) is 4.83. The first kappa shape index (κ1) is 16.0. The number of aliphatic hydroxyl groups excluding tert-OH is 1. The molecule has 5 heteroatoms. The van der Waals surface area contributed by atoms with E-state index < -0.39 is 11.7 Å². The Balaban J connectivity index is 2.23. The maximum Gasteiger partial charge on any atom is 0.256 e. The SMILES string of the molecule is CCOc1ccc(NC(=O)c2cc(F)ccc2C)cc1CO. The van der Waals surface area contributed by atoms with Crippen LogP contribution >= 0.6 is 0 Å². The monoisotopic (exact) mass is 303 g/mol. The van der Waals surface area contributed by atoms with Crippen LogP contribution in [0.15, 0.2) is 36.4 Å². The lowest BCUT2D eigenvalue weighted by Gasteiger charge is -2.12. The highest BCUT2D eigenvalue weighted by Crippen LogP contribution is 2.23. The van der Waals surface area contributed by atoms with Crippen LogP contribution in [0.25, 0.3) is 0 Å². The fourth-order valence-corrected chi connectivity index (χ4v) is 2.11. The molecule has 0 bridgehead atoms. The van der Waals surface area contributed by atoms with Crippen LogP contribution in [-0.2, 0) is 6.61 Å². The van der Waals surface area contributed by atoms with E-state index in [0.29, 0.717) is 29.2 Å². The quantitative estimate of drug-likeness (QED) is 0.891. The summed E-state index contributed by atoms with van der Waals surface area (Å²) < 4.78 is 18.7. The van der Waals surface area contributed by atoms with Gasteiger partial charge in [-0.15, -0.1) is 0 Å². The number of hydrogen-bond acceptors (Lipinski definition) is 3. The highest BCUT2D eigenvalue weighted by atomic mass is 19.1. The second kappa shape index (κ2) is 7.04. The van der Waals surface area contributed by atoms with E-state index in [1.165, 1.54) is 12.1 Å². The van der Waals surface area contributed by atoms with E-state index in [1.807, 2.05) is 6.92 Å². The fraction of sp³-hybridized carbons (Fsp3) is 0.235. The maximum absolute atomic E-state index is 13.3. The zero-order chi connectivity index (χ0) is 16.1. The van der Waals surface area contributed by atoms with Crippen LogP contribution in [0.4, 0.5) is 10.1 Å². The summed E-state index contributed by atoms with van der Waals surface area (Å²) in [5.74, 6) is -0.284. The minimum atomic E-state index is -0.460. The van der Waals surface area contributed by atoms with Crippen LogP contribution in [0, 0.1) is 12.7 Å². The van der Waals surface area contributed by atoms with Crippen molar-refractivity contribution in [3.05, 3.63) is 58.9 Å². The average molecular weight is 303 g/mol. The summed E-state index contributed by atoms with van der Waals surface area (Å²) in [4.78, 5) is 12.2. The molecule has 0 saturated carbocycles. The molecule has 2 rings (SSSR count). The Morgan fingerprint density at radius 3 is 2.73 bits per heavy atom.